The third-order valence-corrected chi connectivity index (χ3v) is 4.93. The standard InChI is InChI=1S/C23H26N4O4/c1-26(16-17-6-3-2-4-7-17)23(31)24-15-14-20(28)25-18-10-12-19(13-11-18)27-21(29)8-5-9-22(27)30/h2-4,6-7,10-13H,5,8-9,14-16H2,1H3,(H,24,31)(H,25,28). The zero-order chi connectivity index (χ0) is 22.2. The molecule has 31 heavy (non-hydrogen) atoms. The van der Waals surface area contributed by atoms with E-state index in [1.807, 2.05) is 30.3 Å². The summed E-state index contributed by atoms with van der Waals surface area (Å²) >= 11 is 0. The highest BCUT2D eigenvalue weighted by atomic mass is 16.2. The molecule has 1 saturated heterocycles. The average molecular weight is 422 g/mol. The molecule has 0 radical (unpaired) electrons. The highest BCUT2D eigenvalue weighted by Gasteiger charge is 2.27. The lowest BCUT2D eigenvalue weighted by molar-refractivity contribution is -0.129. The predicted molar refractivity (Wildman–Crippen MR) is 117 cm³/mol. The highest BCUT2D eigenvalue weighted by Crippen LogP contribution is 2.23. The lowest BCUT2D eigenvalue weighted by Gasteiger charge is -2.25. The minimum atomic E-state index is -0.253. The van der Waals surface area contributed by atoms with Crippen LogP contribution in [0.5, 0.6) is 0 Å². The summed E-state index contributed by atoms with van der Waals surface area (Å²) in [5.41, 5.74) is 2.08. The van der Waals surface area contributed by atoms with E-state index in [-0.39, 0.29) is 36.7 Å². The van der Waals surface area contributed by atoms with Crippen molar-refractivity contribution in [2.75, 3.05) is 23.8 Å². The van der Waals surface area contributed by atoms with Crippen LogP contribution in [0.3, 0.4) is 0 Å². The second-order valence-electron chi connectivity index (χ2n) is 7.40. The van der Waals surface area contributed by atoms with E-state index in [0.717, 1.165) is 5.56 Å². The summed E-state index contributed by atoms with van der Waals surface area (Å²) in [7, 11) is 1.70. The number of rotatable bonds is 7. The van der Waals surface area contributed by atoms with E-state index in [1.54, 1.807) is 36.2 Å². The van der Waals surface area contributed by atoms with E-state index in [2.05, 4.69) is 10.6 Å². The number of carbonyl (C=O) groups excluding carboxylic acids is 4. The summed E-state index contributed by atoms with van der Waals surface area (Å²) in [6.07, 6.45) is 1.42. The molecular formula is C23H26N4O4. The molecular weight excluding hydrogens is 396 g/mol. The van der Waals surface area contributed by atoms with E-state index in [4.69, 9.17) is 0 Å². The topological polar surface area (TPSA) is 98.8 Å². The molecule has 0 spiro atoms. The third-order valence-electron chi connectivity index (χ3n) is 4.93. The first kappa shape index (κ1) is 22.0. The van der Waals surface area contributed by atoms with Crippen molar-refractivity contribution in [2.24, 2.45) is 0 Å². The molecule has 2 N–H and O–H groups in total. The van der Waals surface area contributed by atoms with Gasteiger partial charge in [0.15, 0.2) is 0 Å². The van der Waals surface area contributed by atoms with Crippen LogP contribution >= 0.6 is 0 Å². The Morgan fingerprint density at radius 2 is 1.61 bits per heavy atom. The first-order chi connectivity index (χ1) is 14.9. The number of hydrogen-bond donors (Lipinski definition) is 2. The maximum Gasteiger partial charge on any atom is 0.317 e. The van der Waals surface area contributed by atoms with E-state index in [0.29, 0.717) is 37.2 Å². The van der Waals surface area contributed by atoms with Crippen LogP contribution in [0.2, 0.25) is 0 Å². The maximum atomic E-state index is 12.2. The molecule has 8 heteroatoms. The van der Waals surface area contributed by atoms with Gasteiger partial charge in [-0.05, 0) is 36.2 Å². The molecule has 8 nitrogen and oxygen atoms in total. The molecule has 3 rings (SSSR count). The zero-order valence-corrected chi connectivity index (χ0v) is 17.5. The number of urea groups is 1. The maximum absolute atomic E-state index is 12.2. The molecule has 5 amide bonds. The van der Waals surface area contributed by atoms with Gasteiger partial charge >= 0.3 is 6.03 Å². The van der Waals surface area contributed by atoms with Crippen LogP contribution in [-0.2, 0) is 20.9 Å². The SMILES string of the molecule is CN(Cc1ccccc1)C(=O)NCCC(=O)Nc1ccc(N2C(=O)CCCC2=O)cc1. The minimum absolute atomic E-state index is 0.121. The summed E-state index contributed by atoms with van der Waals surface area (Å²) in [5.74, 6) is -0.661. The van der Waals surface area contributed by atoms with Gasteiger partial charge in [-0.3, -0.25) is 19.3 Å². The molecule has 1 fully saturated rings. The fourth-order valence-corrected chi connectivity index (χ4v) is 3.31. The Kier molecular flexibility index (Phi) is 7.37. The number of amides is 5. The molecule has 1 heterocycles. The van der Waals surface area contributed by atoms with Gasteiger partial charge in [-0.25, -0.2) is 4.79 Å². The number of nitrogens with zero attached hydrogens (tertiary/aromatic N) is 2. The summed E-state index contributed by atoms with van der Waals surface area (Å²) in [5, 5.41) is 5.47. The number of hydrogen-bond acceptors (Lipinski definition) is 4. The Hall–Kier alpha value is -3.68. The monoisotopic (exact) mass is 422 g/mol. The van der Waals surface area contributed by atoms with Gasteiger partial charge in [0.1, 0.15) is 0 Å². The second kappa shape index (κ2) is 10.4. The Morgan fingerprint density at radius 1 is 0.968 bits per heavy atom. The fourth-order valence-electron chi connectivity index (χ4n) is 3.31. The van der Waals surface area contributed by atoms with E-state index in [1.165, 1.54) is 4.90 Å². The molecule has 0 bridgehead atoms. The van der Waals surface area contributed by atoms with E-state index < -0.39 is 0 Å². The van der Waals surface area contributed by atoms with Crippen molar-refractivity contribution < 1.29 is 19.2 Å². The number of anilines is 2. The quantitative estimate of drug-likeness (QED) is 0.670. The number of carbonyl (C=O) groups is 4. The van der Waals surface area contributed by atoms with Gasteiger partial charge < -0.3 is 15.5 Å². The third kappa shape index (κ3) is 6.15. The highest BCUT2D eigenvalue weighted by molar-refractivity contribution is 6.16. The summed E-state index contributed by atoms with van der Waals surface area (Å²) in [6, 6.07) is 16.0. The molecule has 2 aromatic carbocycles. The predicted octanol–water partition coefficient (Wildman–Crippen LogP) is 2.90. The van der Waals surface area contributed by atoms with Gasteiger partial charge in [0.05, 0.1) is 5.69 Å². The lowest BCUT2D eigenvalue weighted by atomic mass is 10.1. The van der Waals surface area contributed by atoms with E-state index in [9.17, 15) is 19.2 Å². The number of piperidine rings is 1. The van der Waals surface area contributed by atoms with Gasteiger partial charge in [0, 0.05) is 45.1 Å². The minimum Gasteiger partial charge on any atom is -0.337 e. The van der Waals surface area contributed by atoms with Crippen LogP contribution in [0.1, 0.15) is 31.2 Å². The molecule has 0 aromatic heterocycles. The normalized spacial score (nSPS) is 13.6. The largest absolute Gasteiger partial charge is 0.337 e. The molecule has 162 valence electrons. The Bertz CT molecular complexity index is 928. The van der Waals surface area contributed by atoms with Crippen LogP contribution in [-0.4, -0.2) is 42.2 Å². The van der Waals surface area contributed by atoms with Gasteiger partial charge in [-0.1, -0.05) is 30.3 Å². The Balaban J connectivity index is 1.43. The Morgan fingerprint density at radius 3 is 2.26 bits per heavy atom. The molecule has 2 aromatic rings. The van der Waals surface area contributed by atoms with Crippen molar-refractivity contribution in [1.82, 2.24) is 10.2 Å². The molecule has 0 unspecified atom stereocenters. The number of imide groups is 1. The summed E-state index contributed by atoms with van der Waals surface area (Å²) < 4.78 is 0. The molecule has 0 atom stereocenters. The fraction of sp³-hybridized carbons (Fsp3) is 0.304. The first-order valence-electron chi connectivity index (χ1n) is 10.2. The van der Waals surface area contributed by atoms with Gasteiger partial charge in [-0.15, -0.1) is 0 Å². The summed E-state index contributed by atoms with van der Waals surface area (Å²) in [4.78, 5) is 51.0. The average Bonchev–Trinajstić information content (AvgIpc) is 2.75. The molecule has 1 aliphatic rings. The van der Waals surface area contributed by atoms with Crippen LogP contribution in [0.4, 0.5) is 16.2 Å². The molecule has 1 aliphatic heterocycles. The van der Waals surface area contributed by atoms with Gasteiger partial charge in [0.2, 0.25) is 17.7 Å². The van der Waals surface area contributed by atoms with Crippen molar-refractivity contribution in [1.29, 1.82) is 0 Å². The van der Waals surface area contributed by atoms with Crippen LogP contribution in [0.15, 0.2) is 54.6 Å². The van der Waals surface area contributed by atoms with Crippen molar-refractivity contribution in [3.8, 4) is 0 Å². The number of nitrogens with one attached hydrogen (secondary N) is 2. The van der Waals surface area contributed by atoms with Crippen molar-refractivity contribution in [2.45, 2.75) is 32.2 Å². The Labute approximate surface area is 181 Å². The van der Waals surface area contributed by atoms with Gasteiger partial charge in [-0.2, -0.15) is 0 Å². The van der Waals surface area contributed by atoms with Crippen molar-refractivity contribution in [3.05, 3.63) is 60.2 Å². The zero-order valence-electron chi connectivity index (χ0n) is 17.5. The van der Waals surface area contributed by atoms with Crippen LogP contribution in [0.25, 0.3) is 0 Å². The molecule has 0 aliphatic carbocycles. The number of benzene rings is 2. The summed E-state index contributed by atoms with van der Waals surface area (Å²) in [6.45, 7) is 0.686. The van der Waals surface area contributed by atoms with E-state index >= 15 is 0 Å². The lowest BCUT2D eigenvalue weighted by Crippen LogP contribution is -2.40. The van der Waals surface area contributed by atoms with Gasteiger partial charge in [0.25, 0.3) is 0 Å². The molecule has 0 saturated carbocycles. The van der Waals surface area contributed by atoms with Crippen molar-refractivity contribution in [3.63, 3.8) is 0 Å². The second-order valence-corrected chi connectivity index (χ2v) is 7.40. The first-order valence-corrected chi connectivity index (χ1v) is 10.2. The van der Waals surface area contributed by atoms with Crippen molar-refractivity contribution >= 4 is 35.1 Å². The van der Waals surface area contributed by atoms with Crippen LogP contribution < -0.4 is 15.5 Å². The smallest absolute Gasteiger partial charge is 0.317 e. The van der Waals surface area contributed by atoms with Crippen LogP contribution in [0, 0.1) is 0 Å².